The molecule has 0 saturated carbocycles. The Kier molecular flexibility index (Phi) is 10.6. The predicted molar refractivity (Wildman–Crippen MR) is 152 cm³/mol. The summed E-state index contributed by atoms with van der Waals surface area (Å²) in [7, 11) is 0. The summed E-state index contributed by atoms with van der Waals surface area (Å²) < 4.78 is 21.5. The molecule has 0 saturated heterocycles. The van der Waals surface area contributed by atoms with Gasteiger partial charge in [-0.2, -0.15) is 0 Å². The molecule has 8 nitrogen and oxygen atoms in total. The predicted octanol–water partition coefficient (Wildman–Crippen LogP) is 5.88. The summed E-state index contributed by atoms with van der Waals surface area (Å²) in [6, 6.07) is 12.3. The van der Waals surface area contributed by atoms with Crippen LogP contribution in [-0.4, -0.2) is 31.1 Å². The van der Waals surface area contributed by atoms with E-state index in [1.807, 2.05) is 12.1 Å². The molecule has 8 heteroatoms. The van der Waals surface area contributed by atoms with Gasteiger partial charge in [-0.3, -0.25) is 4.79 Å². The molecule has 210 valence electrons. The summed E-state index contributed by atoms with van der Waals surface area (Å²) in [6.45, 7) is 12.6. The summed E-state index contributed by atoms with van der Waals surface area (Å²) in [5.74, 6) is -0.883. The van der Waals surface area contributed by atoms with Gasteiger partial charge in [0.1, 0.15) is 11.3 Å². The second-order valence-electron chi connectivity index (χ2n) is 9.51. The second kappa shape index (κ2) is 14.1. The highest BCUT2D eigenvalue weighted by Gasteiger charge is 2.14. The van der Waals surface area contributed by atoms with Crippen LogP contribution in [-0.2, 0) is 36.7 Å². The Morgan fingerprint density at radius 2 is 1.50 bits per heavy atom. The van der Waals surface area contributed by atoms with Crippen molar-refractivity contribution in [3.8, 4) is 16.9 Å². The molecule has 1 heterocycles. The number of carbonyl (C=O) groups excluding carboxylic acids is 3. The molecule has 0 aliphatic carbocycles. The number of esters is 3. The van der Waals surface area contributed by atoms with E-state index < -0.39 is 17.6 Å². The molecule has 0 aliphatic heterocycles. The van der Waals surface area contributed by atoms with Crippen LogP contribution in [0.2, 0.25) is 0 Å². The van der Waals surface area contributed by atoms with Crippen LogP contribution in [0.25, 0.3) is 22.1 Å². The zero-order valence-electron chi connectivity index (χ0n) is 23.2. The number of benzene rings is 2. The fraction of sp³-hybridized carbons (Fsp3) is 0.312. The number of ether oxygens (including phenoxy) is 3. The first-order valence-corrected chi connectivity index (χ1v) is 13.1. The first kappa shape index (κ1) is 30.1. The Morgan fingerprint density at radius 3 is 2.15 bits per heavy atom. The fourth-order valence-corrected chi connectivity index (χ4v) is 3.92. The van der Waals surface area contributed by atoms with Gasteiger partial charge < -0.3 is 18.6 Å². The minimum atomic E-state index is -0.531. The van der Waals surface area contributed by atoms with Crippen molar-refractivity contribution in [3.63, 3.8) is 0 Å². The summed E-state index contributed by atoms with van der Waals surface area (Å²) >= 11 is 0. The van der Waals surface area contributed by atoms with Crippen LogP contribution in [0.15, 0.2) is 76.0 Å². The van der Waals surface area contributed by atoms with Crippen LogP contribution in [0.3, 0.4) is 0 Å². The molecule has 0 atom stereocenters. The topological polar surface area (TPSA) is 109 Å². The normalized spacial score (nSPS) is 10.7. The van der Waals surface area contributed by atoms with Gasteiger partial charge in [-0.1, -0.05) is 38.3 Å². The average molecular weight is 547 g/mol. The number of aryl methyl sites for hydroxylation is 2. The van der Waals surface area contributed by atoms with Crippen molar-refractivity contribution >= 4 is 28.9 Å². The highest BCUT2D eigenvalue weighted by molar-refractivity contribution is 5.89. The standard InChI is InChI=1S/C32H34O8/c1-6-28(33)37-15-7-9-22-17-24(10-8-16-38-30(34)20(2)3)29-25(18-22)19-27(32(36)40-29)23-11-13-26(14-12-23)39-31(35)21(4)5/h11-14,17-19H,2,4,6-10,15-16H2,1,3,5H3. The van der Waals surface area contributed by atoms with Crippen molar-refractivity contribution in [2.24, 2.45) is 0 Å². The van der Waals surface area contributed by atoms with Gasteiger partial charge in [0.15, 0.2) is 0 Å². The highest BCUT2D eigenvalue weighted by Crippen LogP contribution is 2.28. The van der Waals surface area contributed by atoms with Crippen LogP contribution in [0.1, 0.15) is 51.2 Å². The van der Waals surface area contributed by atoms with E-state index in [-0.39, 0.29) is 18.1 Å². The number of fused-ring (bicyclic) bond motifs is 1. The highest BCUT2D eigenvalue weighted by atomic mass is 16.5. The third-order valence-corrected chi connectivity index (χ3v) is 6.03. The van der Waals surface area contributed by atoms with Gasteiger partial charge in [0.2, 0.25) is 0 Å². The molecule has 2 aromatic carbocycles. The lowest BCUT2D eigenvalue weighted by atomic mass is 9.98. The first-order chi connectivity index (χ1) is 19.1. The maximum atomic E-state index is 13.0. The second-order valence-corrected chi connectivity index (χ2v) is 9.51. The Balaban J connectivity index is 1.89. The van der Waals surface area contributed by atoms with E-state index in [1.54, 1.807) is 51.1 Å². The van der Waals surface area contributed by atoms with E-state index in [2.05, 4.69) is 13.2 Å². The lowest BCUT2D eigenvalue weighted by molar-refractivity contribution is -0.143. The largest absolute Gasteiger partial charge is 0.466 e. The molecular weight excluding hydrogens is 512 g/mol. The number of hydrogen-bond acceptors (Lipinski definition) is 8. The molecule has 3 rings (SSSR count). The third-order valence-electron chi connectivity index (χ3n) is 6.03. The molecule has 0 aliphatic rings. The maximum Gasteiger partial charge on any atom is 0.344 e. The molecule has 0 fully saturated rings. The van der Waals surface area contributed by atoms with Crippen molar-refractivity contribution in [3.05, 3.63) is 88.3 Å². The molecule has 0 N–H and O–H groups in total. The summed E-state index contributed by atoms with van der Waals surface area (Å²) in [6.07, 6.45) is 2.67. The van der Waals surface area contributed by atoms with Crippen LogP contribution in [0.4, 0.5) is 0 Å². The molecule has 40 heavy (non-hydrogen) atoms. The molecule has 0 bridgehead atoms. The zero-order chi connectivity index (χ0) is 29.2. The van der Waals surface area contributed by atoms with E-state index in [9.17, 15) is 19.2 Å². The van der Waals surface area contributed by atoms with Crippen molar-refractivity contribution in [2.75, 3.05) is 13.2 Å². The lowest BCUT2D eigenvalue weighted by Gasteiger charge is -2.12. The van der Waals surface area contributed by atoms with Crippen molar-refractivity contribution in [1.29, 1.82) is 0 Å². The van der Waals surface area contributed by atoms with E-state index in [0.29, 0.717) is 66.7 Å². The van der Waals surface area contributed by atoms with Crippen LogP contribution >= 0.6 is 0 Å². The summed E-state index contributed by atoms with van der Waals surface area (Å²) in [5.41, 5.74) is 3.35. The summed E-state index contributed by atoms with van der Waals surface area (Å²) in [4.78, 5) is 48.0. The van der Waals surface area contributed by atoms with Gasteiger partial charge in [0.25, 0.3) is 0 Å². The molecule has 0 amide bonds. The van der Waals surface area contributed by atoms with Crippen molar-refractivity contribution in [1.82, 2.24) is 0 Å². The third kappa shape index (κ3) is 8.27. The monoisotopic (exact) mass is 546 g/mol. The maximum absolute atomic E-state index is 13.0. The molecular formula is C32H34O8. The minimum Gasteiger partial charge on any atom is -0.466 e. The van der Waals surface area contributed by atoms with Gasteiger partial charge in [-0.05, 0) is 80.5 Å². The van der Waals surface area contributed by atoms with Gasteiger partial charge in [-0.15, -0.1) is 0 Å². The van der Waals surface area contributed by atoms with Crippen molar-refractivity contribution in [2.45, 2.75) is 52.9 Å². The number of hydrogen-bond donors (Lipinski definition) is 0. The van der Waals surface area contributed by atoms with E-state index in [4.69, 9.17) is 18.6 Å². The Hall–Kier alpha value is -4.46. The quantitative estimate of drug-likeness (QED) is 0.0860. The molecule has 0 unspecified atom stereocenters. The van der Waals surface area contributed by atoms with Gasteiger partial charge in [0.05, 0.1) is 18.8 Å². The molecule has 1 aromatic heterocycles. The fourth-order valence-electron chi connectivity index (χ4n) is 3.92. The van der Waals surface area contributed by atoms with Crippen LogP contribution in [0.5, 0.6) is 5.75 Å². The average Bonchev–Trinajstić information content (AvgIpc) is 2.93. The number of carbonyl (C=O) groups is 3. The SMILES string of the molecule is C=C(C)C(=O)OCCCc1cc(CCCOC(=O)CC)cc2cc(-c3ccc(OC(=O)C(=C)C)cc3)c(=O)oc12. The van der Waals surface area contributed by atoms with E-state index in [0.717, 1.165) is 16.5 Å². The zero-order valence-corrected chi connectivity index (χ0v) is 23.2. The minimum absolute atomic E-state index is 0.203. The van der Waals surface area contributed by atoms with E-state index in [1.165, 1.54) is 0 Å². The van der Waals surface area contributed by atoms with Gasteiger partial charge in [0, 0.05) is 23.0 Å². The molecule has 0 spiro atoms. The Morgan fingerprint density at radius 1 is 0.850 bits per heavy atom. The summed E-state index contributed by atoms with van der Waals surface area (Å²) in [5, 5.41) is 0.740. The number of rotatable bonds is 13. The van der Waals surface area contributed by atoms with Crippen LogP contribution < -0.4 is 10.4 Å². The lowest BCUT2D eigenvalue weighted by Crippen LogP contribution is -2.09. The van der Waals surface area contributed by atoms with Crippen LogP contribution in [0, 0.1) is 0 Å². The Bertz CT molecular complexity index is 1480. The molecule has 3 aromatic rings. The van der Waals surface area contributed by atoms with E-state index >= 15 is 0 Å². The van der Waals surface area contributed by atoms with Gasteiger partial charge >= 0.3 is 23.5 Å². The van der Waals surface area contributed by atoms with Gasteiger partial charge in [-0.25, -0.2) is 14.4 Å². The smallest absolute Gasteiger partial charge is 0.344 e. The Labute approximate surface area is 233 Å². The van der Waals surface area contributed by atoms with Crippen molar-refractivity contribution < 1.29 is 33.0 Å². The molecule has 0 radical (unpaired) electrons. The first-order valence-electron chi connectivity index (χ1n) is 13.1.